The van der Waals surface area contributed by atoms with Crippen molar-refractivity contribution in [3.8, 4) is 0 Å². The third-order valence-corrected chi connectivity index (χ3v) is 2.91. The topological polar surface area (TPSA) is 49.4 Å². The van der Waals surface area contributed by atoms with Gasteiger partial charge in [-0.1, -0.05) is 24.6 Å². The zero-order valence-electron chi connectivity index (χ0n) is 9.57. The Hall–Kier alpha value is -1.03. The predicted octanol–water partition coefficient (Wildman–Crippen LogP) is 1.25. The molecule has 2 amide bonds. The molecular formula is C11H17ClN2O2. The highest BCUT2D eigenvalue weighted by Gasteiger charge is 2.31. The molecule has 2 atom stereocenters. The average Bonchev–Trinajstić information content (AvgIpc) is 2.34. The van der Waals surface area contributed by atoms with Gasteiger partial charge in [0.2, 0.25) is 11.8 Å². The molecule has 1 heterocycles. The number of halogens is 1. The fourth-order valence-corrected chi connectivity index (χ4v) is 1.89. The van der Waals surface area contributed by atoms with E-state index in [0.717, 1.165) is 0 Å². The number of hydrogen-bond donors (Lipinski definition) is 1. The minimum atomic E-state index is -0.402. The number of amides is 2. The molecule has 0 bridgehead atoms. The van der Waals surface area contributed by atoms with E-state index in [-0.39, 0.29) is 17.9 Å². The van der Waals surface area contributed by atoms with Gasteiger partial charge >= 0.3 is 0 Å². The molecule has 0 aromatic rings. The van der Waals surface area contributed by atoms with Crippen LogP contribution in [0.5, 0.6) is 0 Å². The maximum absolute atomic E-state index is 12.1. The Bertz CT molecular complexity index is 304. The van der Waals surface area contributed by atoms with E-state index in [1.54, 1.807) is 11.0 Å². The summed E-state index contributed by atoms with van der Waals surface area (Å²) in [6, 6.07) is -0.488. The number of carbonyl (C=O) groups is 2. The van der Waals surface area contributed by atoms with Crippen molar-refractivity contribution in [3.63, 3.8) is 0 Å². The standard InChI is InChI=1S/C11H17ClN2O2/c1-3-9-11(16)14(6-4-5-12)8(2)7-10(15)13-9/h4-5,8-9H,3,6-7H2,1-2H3,(H,13,15)/b5-4+. The smallest absolute Gasteiger partial charge is 0.245 e. The van der Waals surface area contributed by atoms with E-state index >= 15 is 0 Å². The molecule has 90 valence electrons. The molecule has 1 saturated heterocycles. The minimum Gasteiger partial charge on any atom is -0.344 e. The minimum absolute atomic E-state index is 0.0318. The molecule has 2 unspecified atom stereocenters. The van der Waals surface area contributed by atoms with Gasteiger partial charge in [-0.15, -0.1) is 0 Å². The fourth-order valence-electron chi connectivity index (χ4n) is 1.81. The zero-order valence-corrected chi connectivity index (χ0v) is 10.3. The van der Waals surface area contributed by atoms with E-state index < -0.39 is 6.04 Å². The van der Waals surface area contributed by atoms with Gasteiger partial charge in [-0.2, -0.15) is 0 Å². The number of hydrogen-bond acceptors (Lipinski definition) is 2. The lowest BCUT2D eigenvalue weighted by Crippen LogP contribution is -2.46. The molecule has 0 saturated carbocycles. The van der Waals surface area contributed by atoms with Gasteiger partial charge in [0, 0.05) is 24.5 Å². The van der Waals surface area contributed by atoms with Crippen LogP contribution in [0.25, 0.3) is 0 Å². The monoisotopic (exact) mass is 244 g/mol. The van der Waals surface area contributed by atoms with Gasteiger partial charge in [-0.3, -0.25) is 9.59 Å². The second-order valence-corrected chi connectivity index (χ2v) is 4.19. The Morgan fingerprint density at radius 2 is 2.25 bits per heavy atom. The summed E-state index contributed by atoms with van der Waals surface area (Å²) < 4.78 is 0. The molecule has 1 N–H and O–H groups in total. The number of carbonyl (C=O) groups excluding carboxylic acids is 2. The van der Waals surface area contributed by atoms with E-state index in [0.29, 0.717) is 19.4 Å². The van der Waals surface area contributed by atoms with Crippen LogP contribution in [0.1, 0.15) is 26.7 Å². The first-order chi connectivity index (χ1) is 7.60. The van der Waals surface area contributed by atoms with Gasteiger partial charge in [0.1, 0.15) is 6.04 Å². The van der Waals surface area contributed by atoms with Crippen LogP contribution >= 0.6 is 11.6 Å². The number of nitrogens with zero attached hydrogens (tertiary/aromatic N) is 1. The summed E-state index contributed by atoms with van der Waals surface area (Å²) in [4.78, 5) is 25.3. The van der Waals surface area contributed by atoms with E-state index in [4.69, 9.17) is 11.6 Å². The largest absolute Gasteiger partial charge is 0.344 e. The average molecular weight is 245 g/mol. The van der Waals surface area contributed by atoms with Gasteiger partial charge < -0.3 is 10.2 Å². The van der Waals surface area contributed by atoms with Crippen molar-refractivity contribution in [2.45, 2.75) is 38.8 Å². The highest BCUT2D eigenvalue weighted by atomic mass is 35.5. The van der Waals surface area contributed by atoms with Crippen LogP contribution < -0.4 is 5.32 Å². The summed E-state index contributed by atoms with van der Waals surface area (Å²) in [6.07, 6.45) is 2.66. The predicted molar refractivity (Wildman–Crippen MR) is 63.0 cm³/mol. The van der Waals surface area contributed by atoms with Gasteiger partial charge in [0.25, 0.3) is 0 Å². The van der Waals surface area contributed by atoms with Gasteiger partial charge in [-0.05, 0) is 13.3 Å². The van der Waals surface area contributed by atoms with Crippen molar-refractivity contribution in [2.24, 2.45) is 0 Å². The van der Waals surface area contributed by atoms with Crippen LogP contribution in [-0.2, 0) is 9.59 Å². The summed E-state index contributed by atoms with van der Waals surface area (Å²) in [5, 5.41) is 2.73. The van der Waals surface area contributed by atoms with Crippen molar-refractivity contribution < 1.29 is 9.59 Å². The normalized spacial score (nSPS) is 27.1. The third kappa shape index (κ3) is 2.98. The lowest BCUT2D eigenvalue weighted by atomic mass is 10.2. The van der Waals surface area contributed by atoms with Crippen LogP contribution in [-0.4, -0.2) is 35.3 Å². The number of rotatable bonds is 3. The number of nitrogens with one attached hydrogen (secondary N) is 1. The summed E-state index contributed by atoms with van der Waals surface area (Å²) >= 11 is 5.45. The van der Waals surface area contributed by atoms with Crippen LogP contribution in [0.15, 0.2) is 11.6 Å². The molecule has 1 fully saturated rings. The lowest BCUT2D eigenvalue weighted by Gasteiger charge is -2.27. The molecule has 0 aromatic heterocycles. The molecule has 4 nitrogen and oxygen atoms in total. The first kappa shape index (κ1) is 13.0. The maximum atomic E-state index is 12.1. The lowest BCUT2D eigenvalue weighted by molar-refractivity contribution is -0.134. The Labute approximate surface area is 101 Å². The van der Waals surface area contributed by atoms with Crippen molar-refractivity contribution in [1.82, 2.24) is 10.2 Å². The maximum Gasteiger partial charge on any atom is 0.245 e. The summed E-state index contributed by atoms with van der Waals surface area (Å²) in [5.41, 5.74) is 1.39. The summed E-state index contributed by atoms with van der Waals surface area (Å²) in [6.45, 7) is 4.21. The van der Waals surface area contributed by atoms with Gasteiger partial charge in [-0.25, -0.2) is 0 Å². The van der Waals surface area contributed by atoms with Crippen LogP contribution in [0.2, 0.25) is 0 Å². The first-order valence-corrected chi connectivity index (χ1v) is 5.88. The molecule has 1 aliphatic heterocycles. The Kier molecular flexibility index (Phi) is 4.80. The summed E-state index contributed by atoms with van der Waals surface area (Å²) in [5.74, 6) is -0.0966. The van der Waals surface area contributed by atoms with Gasteiger partial charge in [0.05, 0.1) is 0 Å². The molecule has 0 radical (unpaired) electrons. The SMILES string of the molecule is CCC1NC(=O)CC(C)N(C/C=C/Cl)C1=O. The van der Waals surface area contributed by atoms with Crippen LogP contribution in [0, 0.1) is 0 Å². The van der Waals surface area contributed by atoms with E-state index in [1.165, 1.54) is 5.54 Å². The molecule has 0 spiro atoms. The highest BCUT2D eigenvalue weighted by Crippen LogP contribution is 2.13. The van der Waals surface area contributed by atoms with E-state index in [9.17, 15) is 9.59 Å². The van der Waals surface area contributed by atoms with Crippen molar-refractivity contribution in [3.05, 3.63) is 11.6 Å². The first-order valence-electron chi connectivity index (χ1n) is 5.45. The van der Waals surface area contributed by atoms with Crippen molar-refractivity contribution >= 4 is 23.4 Å². The molecule has 1 aliphatic rings. The Morgan fingerprint density at radius 1 is 1.56 bits per heavy atom. The van der Waals surface area contributed by atoms with E-state index in [1.807, 2.05) is 13.8 Å². The molecule has 0 aliphatic carbocycles. The molecular weight excluding hydrogens is 228 g/mol. The second-order valence-electron chi connectivity index (χ2n) is 3.93. The Morgan fingerprint density at radius 3 is 2.81 bits per heavy atom. The van der Waals surface area contributed by atoms with Crippen molar-refractivity contribution in [2.75, 3.05) is 6.54 Å². The third-order valence-electron chi connectivity index (χ3n) is 2.73. The molecule has 16 heavy (non-hydrogen) atoms. The second kappa shape index (κ2) is 5.89. The fraction of sp³-hybridized carbons (Fsp3) is 0.636. The Balaban J connectivity index is 2.85. The van der Waals surface area contributed by atoms with Crippen LogP contribution in [0.4, 0.5) is 0 Å². The highest BCUT2D eigenvalue weighted by molar-refractivity contribution is 6.25. The molecule has 1 rings (SSSR count). The van der Waals surface area contributed by atoms with E-state index in [2.05, 4.69) is 5.32 Å². The van der Waals surface area contributed by atoms with Gasteiger partial charge in [0.15, 0.2) is 0 Å². The quantitative estimate of drug-likeness (QED) is 0.813. The van der Waals surface area contributed by atoms with Crippen LogP contribution in [0.3, 0.4) is 0 Å². The molecule has 5 heteroatoms. The van der Waals surface area contributed by atoms with Crippen molar-refractivity contribution in [1.29, 1.82) is 0 Å². The zero-order chi connectivity index (χ0) is 12.1. The summed E-state index contributed by atoms with van der Waals surface area (Å²) in [7, 11) is 0. The molecule has 0 aromatic carbocycles.